The summed E-state index contributed by atoms with van der Waals surface area (Å²) in [5.41, 5.74) is -0.688. The van der Waals surface area contributed by atoms with Crippen molar-refractivity contribution < 1.29 is 19.7 Å². The fourth-order valence-corrected chi connectivity index (χ4v) is 1.09. The number of carbonyl (C=O) groups excluding carboxylic acids is 1. The number of rotatable bonds is 7. The van der Waals surface area contributed by atoms with E-state index in [1.54, 1.807) is 0 Å². The quantitative estimate of drug-likeness (QED) is 0.624. The highest BCUT2D eigenvalue weighted by molar-refractivity contribution is 5.69. The zero-order valence-electron chi connectivity index (χ0n) is 9.82. The van der Waals surface area contributed by atoms with Crippen LogP contribution >= 0.6 is 0 Å². The molecule has 0 saturated carbocycles. The summed E-state index contributed by atoms with van der Waals surface area (Å²) in [5.74, 6) is -0.0125. The molecule has 0 aliphatic rings. The highest BCUT2D eigenvalue weighted by atomic mass is 16.5. The number of ether oxygens (including phenoxy) is 1. The van der Waals surface area contributed by atoms with Gasteiger partial charge in [-0.3, -0.25) is 4.79 Å². The van der Waals surface area contributed by atoms with Crippen LogP contribution in [0.5, 0.6) is 0 Å². The van der Waals surface area contributed by atoms with Crippen LogP contribution in [-0.4, -0.2) is 36.0 Å². The zero-order valence-corrected chi connectivity index (χ0v) is 9.82. The molecule has 0 aliphatic carbocycles. The van der Waals surface area contributed by atoms with Crippen molar-refractivity contribution in [1.82, 2.24) is 0 Å². The molecule has 2 N–H and O–H groups in total. The summed E-state index contributed by atoms with van der Waals surface area (Å²) in [6.45, 7) is 5.47. The lowest BCUT2D eigenvalue weighted by atomic mass is 9.88. The van der Waals surface area contributed by atoms with E-state index in [9.17, 15) is 4.79 Å². The van der Waals surface area contributed by atoms with E-state index in [-0.39, 0.29) is 31.7 Å². The van der Waals surface area contributed by atoms with E-state index in [0.717, 1.165) is 0 Å². The van der Waals surface area contributed by atoms with Crippen LogP contribution in [0.3, 0.4) is 0 Å². The van der Waals surface area contributed by atoms with E-state index < -0.39 is 5.41 Å². The zero-order chi connectivity index (χ0) is 11.9. The third-order valence-electron chi connectivity index (χ3n) is 2.54. The summed E-state index contributed by atoms with van der Waals surface area (Å²) in [4.78, 5) is 11.3. The summed E-state index contributed by atoms with van der Waals surface area (Å²) in [7, 11) is 0. The van der Waals surface area contributed by atoms with Crippen LogP contribution in [0, 0.1) is 11.3 Å². The minimum Gasteiger partial charge on any atom is -0.465 e. The third kappa shape index (κ3) is 5.14. The highest BCUT2D eigenvalue weighted by Crippen LogP contribution is 2.21. The average Bonchev–Trinajstić information content (AvgIpc) is 2.20. The number of carbonyl (C=O) groups is 1. The van der Waals surface area contributed by atoms with Crippen LogP contribution in [-0.2, 0) is 9.53 Å². The van der Waals surface area contributed by atoms with Crippen LogP contribution < -0.4 is 0 Å². The predicted molar refractivity (Wildman–Crippen MR) is 57.3 cm³/mol. The molecule has 0 rings (SSSR count). The maximum absolute atomic E-state index is 11.3. The van der Waals surface area contributed by atoms with Crippen molar-refractivity contribution in [2.75, 3.05) is 19.8 Å². The summed E-state index contributed by atoms with van der Waals surface area (Å²) in [6, 6.07) is 0. The molecule has 0 aromatic heterocycles. The van der Waals surface area contributed by atoms with Gasteiger partial charge >= 0.3 is 5.97 Å². The van der Waals surface area contributed by atoms with Gasteiger partial charge in [-0.1, -0.05) is 20.8 Å². The van der Waals surface area contributed by atoms with E-state index >= 15 is 0 Å². The van der Waals surface area contributed by atoms with Gasteiger partial charge in [0.1, 0.15) is 6.61 Å². The molecular formula is C11H22O4. The Morgan fingerprint density at radius 2 is 1.87 bits per heavy atom. The Hall–Kier alpha value is -0.610. The maximum atomic E-state index is 11.3. The monoisotopic (exact) mass is 218 g/mol. The van der Waals surface area contributed by atoms with Crippen molar-refractivity contribution in [3.63, 3.8) is 0 Å². The molecule has 0 aromatic rings. The van der Waals surface area contributed by atoms with Gasteiger partial charge in [0.15, 0.2) is 0 Å². The molecule has 0 fully saturated rings. The van der Waals surface area contributed by atoms with Crippen molar-refractivity contribution >= 4 is 5.97 Å². The van der Waals surface area contributed by atoms with E-state index in [2.05, 4.69) is 0 Å². The van der Waals surface area contributed by atoms with E-state index in [1.165, 1.54) is 0 Å². The second-order valence-corrected chi connectivity index (χ2v) is 4.43. The molecule has 0 atom stereocenters. The van der Waals surface area contributed by atoms with Gasteiger partial charge in [-0.25, -0.2) is 0 Å². The highest BCUT2D eigenvalue weighted by Gasteiger charge is 2.28. The Balaban J connectivity index is 4.05. The number of aliphatic hydroxyl groups is 2. The molecule has 0 bridgehead atoms. The van der Waals surface area contributed by atoms with Crippen molar-refractivity contribution in [2.45, 2.75) is 33.6 Å². The lowest BCUT2D eigenvalue weighted by Crippen LogP contribution is -2.35. The average molecular weight is 218 g/mol. The minimum absolute atomic E-state index is 0.0854. The van der Waals surface area contributed by atoms with E-state index in [4.69, 9.17) is 14.9 Å². The topological polar surface area (TPSA) is 66.8 Å². The molecule has 0 saturated heterocycles. The van der Waals surface area contributed by atoms with Gasteiger partial charge < -0.3 is 14.9 Å². The van der Waals surface area contributed by atoms with Gasteiger partial charge in [0.2, 0.25) is 0 Å². The van der Waals surface area contributed by atoms with Crippen LogP contribution in [0.4, 0.5) is 0 Å². The fraction of sp³-hybridized carbons (Fsp3) is 0.909. The first-order chi connectivity index (χ1) is 6.99. The van der Waals surface area contributed by atoms with Crippen molar-refractivity contribution in [3.8, 4) is 0 Å². The SMILES string of the molecule is CCC(CO)(CO)COC(=O)CC(C)C. The second kappa shape index (κ2) is 6.80. The molecule has 4 nitrogen and oxygen atoms in total. The second-order valence-electron chi connectivity index (χ2n) is 4.43. The summed E-state index contributed by atoms with van der Waals surface area (Å²) < 4.78 is 5.03. The van der Waals surface area contributed by atoms with Gasteiger partial charge in [-0.2, -0.15) is 0 Å². The smallest absolute Gasteiger partial charge is 0.306 e. The first kappa shape index (κ1) is 14.4. The minimum atomic E-state index is -0.688. The molecule has 90 valence electrons. The van der Waals surface area contributed by atoms with Crippen molar-refractivity contribution in [2.24, 2.45) is 11.3 Å². The van der Waals surface area contributed by atoms with Gasteiger partial charge in [-0.15, -0.1) is 0 Å². The Kier molecular flexibility index (Phi) is 6.52. The van der Waals surface area contributed by atoms with Crippen LogP contribution in [0.1, 0.15) is 33.6 Å². The number of hydrogen-bond donors (Lipinski definition) is 2. The standard InChI is InChI=1S/C11H22O4/c1-4-11(6-12,7-13)8-15-10(14)5-9(2)3/h9,12-13H,4-8H2,1-3H3. The number of hydrogen-bond acceptors (Lipinski definition) is 4. The fourth-order valence-electron chi connectivity index (χ4n) is 1.09. The van der Waals surface area contributed by atoms with Crippen LogP contribution in [0.15, 0.2) is 0 Å². The summed E-state index contributed by atoms with van der Waals surface area (Å²) in [6.07, 6.45) is 0.950. The first-order valence-corrected chi connectivity index (χ1v) is 5.37. The maximum Gasteiger partial charge on any atom is 0.306 e. The molecule has 0 amide bonds. The van der Waals surface area contributed by atoms with Gasteiger partial charge in [0.25, 0.3) is 0 Å². The molecule has 4 heteroatoms. The molecule has 0 aromatic carbocycles. The Morgan fingerprint density at radius 3 is 2.20 bits per heavy atom. The third-order valence-corrected chi connectivity index (χ3v) is 2.54. The Bertz CT molecular complexity index is 177. The molecular weight excluding hydrogens is 196 g/mol. The Morgan fingerprint density at radius 1 is 1.33 bits per heavy atom. The first-order valence-electron chi connectivity index (χ1n) is 5.37. The molecule has 0 spiro atoms. The largest absolute Gasteiger partial charge is 0.465 e. The van der Waals surface area contributed by atoms with Crippen LogP contribution in [0.25, 0.3) is 0 Å². The number of esters is 1. The molecule has 0 radical (unpaired) electrons. The molecule has 0 unspecified atom stereocenters. The molecule has 0 aliphatic heterocycles. The van der Waals surface area contributed by atoms with Gasteiger partial charge in [0, 0.05) is 6.42 Å². The van der Waals surface area contributed by atoms with Gasteiger partial charge in [-0.05, 0) is 12.3 Å². The predicted octanol–water partition coefficient (Wildman–Crippen LogP) is 0.957. The lowest BCUT2D eigenvalue weighted by molar-refractivity contribution is -0.150. The molecule has 15 heavy (non-hydrogen) atoms. The molecule has 0 heterocycles. The lowest BCUT2D eigenvalue weighted by Gasteiger charge is -2.27. The van der Waals surface area contributed by atoms with Crippen molar-refractivity contribution in [1.29, 1.82) is 0 Å². The van der Waals surface area contributed by atoms with Crippen LogP contribution in [0.2, 0.25) is 0 Å². The summed E-state index contributed by atoms with van der Waals surface area (Å²) in [5, 5.41) is 18.2. The number of aliphatic hydroxyl groups excluding tert-OH is 2. The van der Waals surface area contributed by atoms with E-state index in [1.807, 2.05) is 20.8 Å². The van der Waals surface area contributed by atoms with Crippen molar-refractivity contribution in [3.05, 3.63) is 0 Å². The van der Waals surface area contributed by atoms with E-state index in [0.29, 0.717) is 12.8 Å². The summed E-state index contributed by atoms with van der Waals surface area (Å²) >= 11 is 0. The van der Waals surface area contributed by atoms with Gasteiger partial charge in [0.05, 0.1) is 18.6 Å². The Labute approximate surface area is 91.3 Å². The normalized spacial score (nSPS) is 11.9.